The van der Waals surface area contributed by atoms with E-state index in [0.717, 1.165) is 16.6 Å². The molecule has 20 heavy (non-hydrogen) atoms. The van der Waals surface area contributed by atoms with E-state index in [1.54, 1.807) is 24.4 Å². The van der Waals surface area contributed by atoms with Gasteiger partial charge in [-0.2, -0.15) is 5.10 Å². The molecule has 0 unspecified atom stereocenters. The van der Waals surface area contributed by atoms with E-state index < -0.39 is 0 Å². The topological polar surface area (TPSA) is 96.7 Å². The second-order valence-corrected chi connectivity index (χ2v) is 4.37. The summed E-state index contributed by atoms with van der Waals surface area (Å²) < 4.78 is 0. The molecule has 0 aliphatic heterocycles. The van der Waals surface area contributed by atoms with Gasteiger partial charge < -0.3 is 11.1 Å². The first-order chi connectivity index (χ1) is 9.74. The van der Waals surface area contributed by atoms with E-state index >= 15 is 0 Å². The zero-order valence-electron chi connectivity index (χ0n) is 10.6. The van der Waals surface area contributed by atoms with Crippen molar-refractivity contribution in [2.45, 2.75) is 6.54 Å². The van der Waals surface area contributed by atoms with Gasteiger partial charge in [-0.25, -0.2) is 0 Å². The highest BCUT2D eigenvalue weighted by Gasteiger charge is 2.09. The van der Waals surface area contributed by atoms with Crippen LogP contribution < -0.4 is 11.1 Å². The Morgan fingerprint density at radius 3 is 3.00 bits per heavy atom. The predicted octanol–water partition coefficient (Wildman–Crippen LogP) is 1.47. The summed E-state index contributed by atoms with van der Waals surface area (Å²) in [6.45, 7) is 0.387. The lowest BCUT2D eigenvalue weighted by Crippen LogP contribution is -2.23. The number of carbonyl (C=O) groups excluding carboxylic acids is 1. The van der Waals surface area contributed by atoms with E-state index in [9.17, 15) is 4.79 Å². The van der Waals surface area contributed by atoms with Crippen molar-refractivity contribution < 1.29 is 4.79 Å². The number of hydrogen-bond acceptors (Lipinski definition) is 4. The van der Waals surface area contributed by atoms with Crippen LogP contribution in [0.4, 0.5) is 5.82 Å². The summed E-state index contributed by atoms with van der Waals surface area (Å²) >= 11 is 0. The van der Waals surface area contributed by atoms with Crippen LogP contribution in [0.5, 0.6) is 0 Å². The number of pyridine rings is 1. The highest BCUT2D eigenvalue weighted by Crippen LogP contribution is 2.19. The van der Waals surface area contributed by atoms with Gasteiger partial charge >= 0.3 is 0 Å². The Bertz CT molecular complexity index is 751. The smallest absolute Gasteiger partial charge is 0.251 e. The van der Waals surface area contributed by atoms with Crippen LogP contribution >= 0.6 is 0 Å². The van der Waals surface area contributed by atoms with Crippen LogP contribution in [-0.2, 0) is 6.54 Å². The molecule has 6 nitrogen and oxygen atoms in total. The number of amides is 1. The third kappa shape index (κ3) is 2.31. The average molecular weight is 267 g/mol. The largest absolute Gasteiger partial charge is 0.382 e. The minimum atomic E-state index is -0.168. The molecule has 1 aromatic carbocycles. The maximum Gasteiger partial charge on any atom is 0.251 e. The summed E-state index contributed by atoms with van der Waals surface area (Å²) in [6.07, 6.45) is 1.69. The SMILES string of the molecule is Nc1n[nH]c2ccc(C(=O)NCc3ccccn3)cc12. The highest BCUT2D eigenvalue weighted by atomic mass is 16.1. The summed E-state index contributed by atoms with van der Waals surface area (Å²) in [4.78, 5) is 16.2. The standard InChI is InChI=1S/C14H13N5O/c15-13-11-7-9(4-5-12(11)18-19-13)14(20)17-8-10-3-1-2-6-16-10/h1-7H,8H2,(H,17,20)(H3,15,18,19). The maximum absolute atomic E-state index is 12.1. The van der Waals surface area contributed by atoms with Crippen LogP contribution in [0.2, 0.25) is 0 Å². The quantitative estimate of drug-likeness (QED) is 0.669. The van der Waals surface area contributed by atoms with E-state index in [2.05, 4.69) is 20.5 Å². The molecule has 0 saturated carbocycles. The van der Waals surface area contributed by atoms with Crippen LogP contribution in [0.3, 0.4) is 0 Å². The summed E-state index contributed by atoms with van der Waals surface area (Å²) in [5, 5.41) is 10.3. The van der Waals surface area contributed by atoms with Gasteiger partial charge in [0.25, 0.3) is 5.91 Å². The number of nitrogens with zero attached hydrogens (tertiary/aromatic N) is 2. The first-order valence-corrected chi connectivity index (χ1v) is 6.16. The van der Waals surface area contributed by atoms with Crippen molar-refractivity contribution in [1.82, 2.24) is 20.5 Å². The Hall–Kier alpha value is -2.89. The first-order valence-electron chi connectivity index (χ1n) is 6.16. The van der Waals surface area contributed by atoms with Crippen LogP contribution in [0.25, 0.3) is 10.9 Å². The molecule has 0 aliphatic carbocycles. The molecule has 0 spiro atoms. The number of fused-ring (bicyclic) bond motifs is 1. The van der Waals surface area contributed by atoms with Gasteiger partial charge in [0, 0.05) is 17.1 Å². The number of H-pyrrole nitrogens is 1. The van der Waals surface area contributed by atoms with Gasteiger partial charge in [0.05, 0.1) is 17.8 Å². The molecule has 4 N–H and O–H groups in total. The van der Waals surface area contributed by atoms with Gasteiger partial charge in [0.1, 0.15) is 0 Å². The van der Waals surface area contributed by atoms with Gasteiger partial charge in [-0.1, -0.05) is 6.07 Å². The molecule has 3 aromatic rings. The van der Waals surface area contributed by atoms with Gasteiger partial charge in [-0.3, -0.25) is 14.9 Å². The molecule has 1 amide bonds. The predicted molar refractivity (Wildman–Crippen MR) is 75.9 cm³/mol. The number of aromatic amines is 1. The highest BCUT2D eigenvalue weighted by molar-refractivity contribution is 6.00. The summed E-state index contributed by atoms with van der Waals surface area (Å²) in [5.74, 6) is 0.220. The van der Waals surface area contributed by atoms with E-state index in [1.165, 1.54) is 0 Å². The number of nitrogens with two attached hydrogens (primary N) is 1. The number of nitrogen functional groups attached to an aromatic ring is 1. The van der Waals surface area contributed by atoms with Gasteiger partial charge in [0.2, 0.25) is 0 Å². The Morgan fingerprint density at radius 2 is 2.20 bits per heavy atom. The van der Waals surface area contributed by atoms with Crippen LogP contribution in [0.15, 0.2) is 42.6 Å². The van der Waals surface area contributed by atoms with E-state index in [0.29, 0.717) is 17.9 Å². The second-order valence-electron chi connectivity index (χ2n) is 4.37. The molecule has 2 heterocycles. The van der Waals surface area contributed by atoms with Crippen molar-refractivity contribution in [3.63, 3.8) is 0 Å². The molecule has 0 radical (unpaired) electrons. The summed E-state index contributed by atoms with van der Waals surface area (Å²) in [6, 6.07) is 10.8. The van der Waals surface area contributed by atoms with Crippen LogP contribution in [0.1, 0.15) is 16.1 Å². The Kier molecular flexibility index (Phi) is 3.04. The van der Waals surface area contributed by atoms with Crippen LogP contribution in [0, 0.1) is 0 Å². The molecular weight excluding hydrogens is 254 g/mol. The van der Waals surface area contributed by atoms with Crippen molar-refractivity contribution in [2.24, 2.45) is 0 Å². The number of hydrogen-bond donors (Lipinski definition) is 3. The number of carbonyl (C=O) groups is 1. The monoisotopic (exact) mass is 267 g/mol. The molecule has 3 rings (SSSR count). The number of benzene rings is 1. The molecule has 100 valence electrons. The molecule has 6 heteroatoms. The van der Waals surface area contributed by atoms with Crippen LogP contribution in [-0.4, -0.2) is 21.1 Å². The normalized spacial score (nSPS) is 10.6. The summed E-state index contributed by atoms with van der Waals surface area (Å²) in [5.41, 5.74) is 7.89. The number of aromatic nitrogens is 3. The first kappa shape index (κ1) is 12.2. The molecule has 2 aromatic heterocycles. The molecular formula is C14H13N5O. The van der Waals surface area contributed by atoms with Crippen molar-refractivity contribution >= 4 is 22.6 Å². The van der Waals surface area contributed by atoms with E-state index in [4.69, 9.17) is 5.73 Å². The summed E-state index contributed by atoms with van der Waals surface area (Å²) in [7, 11) is 0. The molecule has 0 bridgehead atoms. The Balaban J connectivity index is 1.77. The fourth-order valence-corrected chi connectivity index (χ4v) is 1.95. The maximum atomic E-state index is 12.1. The zero-order chi connectivity index (χ0) is 13.9. The number of nitrogens with one attached hydrogen (secondary N) is 2. The average Bonchev–Trinajstić information content (AvgIpc) is 2.87. The number of anilines is 1. The van der Waals surface area contributed by atoms with E-state index in [1.807, 2.05) is 18.2 Å². The number of rotatable bonds is 3. The third-order valence-electron chi connectivity index (χ3n) is 3.01. The molecule has 0 fully saturated rings. The van der Waals surface area contributed by atoms with Gasteiger partial charge in [-0.05, 0) is 30.3 Å². The molecule has 0 atom stereocenters. The molecule has 0 saturated heterocycles. The van der Waals surface area contributed by atoms with E-state index in [-0.39, 0.29) is 5.91 Å². The minimum absolute atomic E-state index is 0.168. The fraction of sp³-hybridized carbons (Fsp3) is 0.0714. The zero-order valence-corrected chi connectivity index (χ0v) is 10.6. The van der Waals surface area contributed by atoms with Crippen molar-refractivity contribution in [3.8, 4) is 0 Å². The lowest BCUT2D eigenvalue weighted by atomic mass is 10.1. The lowest BCUT2D eigenvalue weighted by Gasteiger charge is -2.05. The van der Waals surface area contributed by atoms with Crippen molar-refractivity contribution in [1.29, 1.82) is 0 Å². The van der Waals surface area contributed by atoms with Gasteiger partial charge in [0.15, 0.2) is 5.82 Å². The Morgan fingerprint density at radius 1 is 1.30 bits per heavy atom. The molecule has 0 aliphatic rings. The van der Waals surface area contributed by atoms with Gasteiger partial charge in [-0.15, -0.1) is 0 Å². The minimum Gasteiger partial charge on any atom is -0.382 e. The van der Waals surface area contributed by atoms with Crippen molar-refractivity contribution in [2.75, 3.05) is 5.73 Å². The third-order valence-corrected chi connectivity index (χ3v) is 3.01. The fourth-order valence-electron chi connectivity index (χ4n) is 1.95. The Labute approximate surface area is 115 Å². The lowest BCUT2D eigenvalue weighted by molar-refractivity contribution is 0.0950. The van der Waals surface area contributed by atoms with Crippen molar-refractivity contribution in [3.05, 3.63) is 53.9 Å². The second kappa shape index (κ2) is 5.00.